The summed E-state index contributed by atoms with van der Waals surface area (Å²) in [6, 6.07) is 14.1. The van der Waals surface area contributed by atoms with E-state index >= 15 is 0 Å². The molecule has 1 aliphatic rings. The van der Waals surface area contributed by atoms with Gasteiger partial charge in [0.2, 0.25) is 0 Å². The molecular formula is C20H20IN3. The molecule has 0 radical (unpaired) electrons. The number of allylic oxidation sites excluding steroid dienone is 1. The molecule has 24 heavy (non-hydrogen) atoms. The van der Waals surface area contributed by atoms with Crippen LogP contribution in [0.4, 0.5) is 5.69 Å². The Kier molecular flexibility index (Phi) is 4.81. The molecule has 2 aromatic rings. The summed E-state index contributed by atoms with van der Waals surface area (Å²) in [6.07, 6.45) is 6.30. The largest absolute Gasteiger partial charge is 0.318 e. The molecule has 1 aromatic carbocycles. The highest BCUT2D eigenvalue weighted by Gasteiger charge is 2.34. The molecule has 2 heterocycles. The third-order valence-electron chi connectivity index (χ3n) is 4.17. The summed E-state index contributed by atoms with van der Waals surface area (Å²) in [6.45, 7) is 7.75. The van der Waals surface area contributed by atoms with Gasteiger partial charge in [-0.3, -0.25) is 4.98 Å². The Bertz CT molecular complexity index is 842. The van der Waals surface area contributed by atoms with Gasteiger partial charge in [-0.2, -0.15) is 5.26 Å². The van der Waals surface area contributed by atoms with E-state index in [-0.39, 0.29) is 26.4 Å². The number of nitriles is 1. The fourth-order valence-corrected chi connectivity index (χ4v) is 5.57. The fraction of sp³-hybridized carbons (Fsp3) is 0.250. The molecule has 1 aliphatic heterocycles. The zero-order valence-electron chi connectivity index (χ0n) is 14.1. The van der Waals surface area contributed by atoms with Gasteiger partial charge < -0.3 is 3.11 Å². The Hall–Kier alpha value is -2.00. The molecule has 3 nitrogen and oxygen atoms in total. The van der Waals surface area contributed by atoms with Crippen molar-refractivity contribution in [2.24, 2.45) is 0 Å². The number of pyridine rings is 1. The zero-order valence-corrected chi connectivity index (χ0v) is 16.3. The SMILES string of the molecule is CCN1I=C(C=Cc2ccc(C#N)cc2)C(C)(C)c2ncccc21. The minimum atomic E-state index is -0.233. The average molecular weight is 429 g/mol. The van der Waals surface area contributed by atoms with Gasteiger partial charge in [-0.1, -0.05) is 24.3 Å². The van der Waals surface area contributed by atoms with Crippen LogP contribution in [0, 0.1) is 11.3 Å². The van der Waals surface area contributed by atoms with Crippen molar-refractivity contribution < 1.29 is 0 Å². The highest BCUT2D eigenvalue weighted by molar-refractivity contribution is 14.2. The van der Waals surface area contributed by atoms with E-state index in [0.717, 1.165) is 17.8 Å². The molecule has 0 fully saturated rings. The van der Waals surface area contributed by atoms with Crippen molar-refractivity contribution in [1.82, 2.24) is 4.98 Å². The molecule has 1 aromatic heterocycles. The highest BCUT2D eigenvalue weighted by atomic mass is 127. The summed E-state index contributed by atoms with van der Waals surface area (Å²) >= 11 is -0.233. The van der Waals surface area contributed by atoms with Gasteiger partial charge in [-0.05, 0) is 50.6 Å². The Morgan fingerprint density at radius 3 is 2.62 bits per heavy atom. The van der Waals surface area contributed by atoms with Crippen molar-refractivity contribution in [3.63, 3.8) is 0 Å². The molecule has 0 bridgehead atoms. The van der Waals surface area contributed by atoms with Gasteiger partial charge in [0.25, 0.3) is 0 Å². The number of benzene rings is 1. The maximum atomic E-state index is 8.90. The molecule has 0 aliphatic carbocycles. The lowest BCUT2D eigenvalue weighted by Gasteiger charge is -2.36. The van der Waals surface area contributed by atoms with E-state index in [4.69, 9.17) is 5.26 Å². The van der Waals surface area contributed by atoms with Gasteiger partial charge in [0, 0.05) is 42.7 Å². The Morgan fingerprint density at radius 2 is 1.96 bits per heavy atom. The van der Waals surface area contributed by atoms with Crippen molar-refractivity contribution >= 4 is 36.3 Å². The number of halogens is 1. The monoisotopic (exact) mass is 429 g/mol. The molecule has 122 valence electrons. The van der Waals surface area contributed by atoms with Crippen LogP contribution in [0.2, 0.25) is 0 Å². The number of hydrogen-bond donors (Lipinski definition) is 0. The lowest BCUT2D eigenvalue weighted by molar-refractivity contribution is 0.700. The molecule has 0 N–H and O–H groups in total. The van der Waals surface area contributed by atoms with Gasteiger partial charge in [0.05, 0.1) is 23.0 Å². The molecule has 0 atom stereocenters. The Balaban J connectivity index is 1.96. The third-order valence-corrected chi connectivity index (χ3v) is 8.18. The summed E-state index contributed by atoms with van der Waals surface area (Å²) in [5.74, 6) is 0. The normalized spacial score (nSPS) is 16.1. The number of hydrogen-bond acceptors (Lipinski definition) is 3. The van der Waals surface area contributed by atoms with Crippen LogP contribution in [-0.4, -0.2) is 15.0 Å². The smallest absolute Gasteiger partial charge is 0.0991 e. The predicted molar refractivity (Wildman–Crippen MR) is 110 cm³/mol. The second kappa shape index (κ2) is 6.86. The standard InChI is InChI=1S/C20H20IN3/c1-4-24-17-6-5-13-23-19(17)20(2,3)18(21-24)12-11-15-7-9-16(14-22)10-8-15/h5-13H,4H2,1-3H3. The molecule has 0 saturated heterocycles. The van der Waals surface area contributed by atoms with E-state index in [1.165, 1.54) is 9.20 Å². The van der Waals surface area contributed by atoms with Crippen LogP contribution in [0.1, 0.15) is 37.6 Å². The summed E-state index contributed by atoms with van der Waals surface area (Å²) in [5.41, 5.74) is 4.22. The van der Waals surface area contributed by atoms with Gasteiger partial charge >= 0.3 is 0 Å². The maximum Gasteiger partial charge on any atom is 0.0991 e. The zero-order chi connectivity index (χ0) is 17.2. The number of fused-ring (bicyclic) bond motifs is 1. The first kappa shape index (κ1) is 16.8. The van der Waals surface area contributed by atoms with Gasteiger partial charge in [-0.15, -0.1) is 0 Å². The van der Waals surface area contributed by atoms with Crippen molar-refractivity contribution in [2.75, 3.05) is 9.66 Å². The topological polar surface area (TPSA) is 39.9 Å². The summed E-state index contributed by atoms with van der Waals surface area (Å²) in [4.78, 5) is 4.68. The van der Waals surface area contributed by atoms with Crippen LogP contribution in [0.15, 0.2) is 48.7 Å². The number of rotatable bonds is 3. The van der Waals surface area contributed by atoms with Gasteiger partial charge in [0.1, 0.15) is 0 Å². The fourth-order valence-electron chi connectivity index (χ4n) is 2.75. The van der Waals surface area contributed by atoms with Gasteiger partial charge in [-0.25, -0.2) is 0 Å². The van der Waals surface area contributed by atoms with Crippen molar-refractivity contribution in [3.8, 4) is 6.07 Å². The van der Waals surface area contributed by atoms with Crippen LogP contribution in [0.25, 0.3) is 6.08 Å². The third kappa shape index (κ3) is 3.13. The van der Waals surface area contributed by atoms with E-state index in [1.54, 1.807) is 0 Å². The molecule has 0 amide bonds. The molecule has 0 unspecified atom stereocenters. The van der Waals surface area contributed by atoms with E-state index in [1.807, 2.05) is 36.5 Å². The van der Waals surface area contributed by atoms with Crippen molar-refractivity contribution in [3.05, 3.63) is 65.5 Å². The molecule has 0 saturated carbocycles. The van der Waals surface area contributed by atoms with E-state index < -0.39 is 0 Å². The summed E-state index contributed by atoms with van der Waals surface area (Å²) < 4.78 is 3.93. The van der Waals surface area contributed by atoms with Gasteiger partial charge in [0.15, 0.2) is 0 Å². The minimum absolute atomic E-state index is 0.0430. The Labute approximate surface area is 153 Å². The van der Waals surface area contributed by atoms with Crippen molar-refractivity contribution in [2.45, 2.75) is 26.2 Å². The minimum Gasteiger partial charge on any atom is -0.318 e. The molecule has 0 spiro atoms. The van der Waals surface area contributed by atoms with Crippen LogP contribution in [-0.2, 0) is 5.41 Å². The number of aromatic nitrogens is 1. The second-order valence-corrected chi connectivity index (χ2v) is 8.98. The first-order chi connectivity index (χ1) is 11.6. The first-order valence-corrected chi connectivity index (χ1v) is 10.0. The summed E-state index contributed by atoms with van der Waals surface area (Å²) in [7, 11) is 0. The Morgan fingerprint density at radius 1 is 1.21 bits per heavy atom. The number of nitrogens with zero attached hydrogens (tertiary/aromatic N) is 3. The lowest BCUT2D eigenvalue weighted by atomic mass is 9.84. The van der Waals surface area contributed by atoms with E-state index in [2.05, 4.69) is 53.2 Å². The highest BCUT2D eigenvalue weighted by Crippen LogP contribution is 2.42. The quantitative estimate of drug-likeness (QED) is 0.518. The van der Waals surface area contributed by atoms with E-state index in [0.29, 0.717) is 5.56 Å². The first-order valence-electron chi connectivity index (χ1n) is 8.00. The number of anilines is 1. The van der Waals surface area contributed by atoms with Crippen LogP contribution >= 0.6 is 21.0 Å². The second-order valence-electron chi connectivity index (χ2n) is 6.17. The molecular weight excluding hydrogens is 409 g/mol. The molecule has 4 heteroatoms. The van der Waals surface area contributed by atoms with E-state index in [9.17, 15) is 0 Å². The summed E-state index contributed by atoms with van der Waals surface area (Å²) in [5, 5.41) is 8.90. The molecule has 3 rings (SSSR count). The average Bonchev–Trinajstić information content (AvgIpc) is 2.61. The van der Waals surface area contributed by atoms with Crippen LogP contribution in [0.5, 0.6) is 0 Å². The lowest BCUT2D eigenvalue weighted by Crippen LogP contribution is -2.34. The predicted octanol–water partition coefficient (Wildman–Crippen LogP) is 4.84. The maximum absolute atomic E-state index is 8.90. The van der Waals surface area contributed by atoms with Crippen LogP contribution < -0.4 is 3.11 Å². The van der Waals surface area contributed by atoms with Crippen molar-refractivity contribution in [1.29, 1.82) is 5.26 Å². The van der Waals surface area contributed by atoms with Crippen LogP contribution in [0.3, 0.4) is 0 Å².